The van der Waals surface area contributed by atoms with Crippen LogP contribution < -0.4 is 14.8 Å². The third-order valence-corrected chi connectivity index (χ3v) is 7.59. The van der Waals surface area contributed by atoms with Crippen molar-refractivity contribution < 1.29 is 19.1 Å². The molecule has 1 N–H and O–H groups in total. The van der Waals surface area contributed by atoms with Crippen LogP contribution in [0.25, 0.3) is 0 Å². The van der Waals surface area contributed by atoms with Crippen molar-refractivity contribution in [2.45, 2.75) is 63.7 Å². The predicted molar refractivity (Wildman–Crippen MR) is 150 cm³/mol. The first kappa shape index (κ1) is 27.2. The second kappa shape index (κ2) is 12.6. The van der Waals surface area contributed by atoms with E-state index < -0.39 is 0 Å². The van der Waals surface area contributed by atoms with E-state index in [9.17, 15) is 9.59 Å². The van der Waals surface area contributed by atoms with E-state index in [1.807, 2.05) is 48.2 Å². The highest BCUT2D eigenvalue weighted by molar-refractivity contribution is 5.96. The Morgan fingerprint density at radius 3 is 2.02 bits per heavy atom. The first-order chi connectivity index (χ1) is 19.5. The van der Waals surface area contributed by atoms with E-state index in [0.29, 0.717) is 29.9 Å². The average Bonchev–Trinajstić information content (AvgIpc) is 3.00. The number of likely N-dealkylation sites (tertiary alicyclic amines) is 1. The molecule has 8 nitrogen and oxygen atoms in total. The van der Waals surface area contributed by atoms with Crippen molar-refractivity contribution in [1.82, 2.24) is 15.2 Å². The van der Waals surface area contributed by atoms with Crippen LogP contribution in [0.3, 0.4) is 0 Å². The minimum absolute atomic E-state index is 0.0554. The van der Waals surface area contributed by atoms with Gasteiger partial charge in [-0.05, 0) is 81.1 Å². The summed E-state index contributed by atoms with van der Waals surface area (Å²) in [6.45, 7) is 3.29. The Morgan fingerprint density at radius 1 is 0.850 bits per heavy atom. The fraction of sp³-hybridized carbons (Fsp3) is 0.375. The van der Waals surface area contributed by atoms with Crippen molar-refractivity contribution in [2.75, 3.05) is 13.1 Å². The van der Waals surface area contributed by atoms with Gasteiger partial charge in [-0.25, -0.2) is 0 Å². The van der Waals surface area contributed by atoms with Gasteiger partial charge in [0.1, 0.15) is 23.3 Å². The number of amides is 2. The first-order valence-corrected chi connectivity index (χ1v) is 13.9. The Hall–Kier alpha value is -4.38. The molecule has 1 saturated heterocycles. The number of carbonyl (C=O) groups is 2. The van der Waals surface area contributed by atoms with Gasteiger partial charge in [-0.2, -0.15) is 5.26 Å². The summed E-state index contributed by atoms with van der Waals surface area (Å²) < 4.78 is 12.1. The summed E-state index contributed by atoms with van der Waals surface area (Å²) in [4.78, 5) is 31.9. The van der Waals surface area contributed by atoms with Gasteiger partial charge in [0.2, 0.25) is 0 Å². The number of aryl methyl sites for hydroxylation is 1. The number of nitrogens with zero attached hydrogens (tertiary/aromatic N) is 3. The molecule has 2 aliphatic rings. The lowest BCUT2D eigenvalue weighted by atomic mass is 9.92. The smallest absolute Gasteiger partial charge is 0.270 e. The van der Waals surface area contributed by atoms with E-state index in [2.05, 4.69) is 16.4 Å². The van der Waals surface area contributed by atoms with E-state index in [-0.39, 0.29) is 30.1 Å². The summed E-state index contributed by atoms with van der Waals surface area (Å²) in [6.07, 6.45) is 6.51. The molecule has 8 heteroatoms. The standard InChI is InChI=1S/C32H34N4O4/c1-22-2-9-26(10-3-22)40-29-16-18-36(19-17-29)32(38)24-6-15-30(34-21-24)31(37)35-25-7-13-28(14-8-25)39-27-11-4-23(20-33)5-12-27/h2-6,9-12,15,21,25,28-29H,7-8,13-14,16-19H2,1H3,(H,35,37)/t25-,28+. The lowest BCUT2D eigenvalue weighted by Gasteiger charge is -2.32. The van der Waals surface area contributed by atoms with Crippen LogP contribution in [0.15, 0.2) is 66.9 Å². The van der Waals surface area contributed by atoms with Crippen molar-refractivity contribution in [1.29, 1.82) is 5.26 Å². The first-order valence-electron chi connectivity index (χ1n) is 13.9. The number of benzene rings is 2. The maximum atomic E-state index is 13.0. The zero-order chi connectivity index (χ0) is 27.9. The number of nitriles is 1. The second-order valence-corrected chi connectivity index (χ2v) is 10.6. The van der Waals surface area contributed by atoms with Gasteiger partial charge in [0, 0.05) is 38.2 Å². The average molecular weight is 539 g/mol. The summed E-state index contributed by atoms with van der Waals surface area (Å²) in [7, 11) is 0. The Labute approximate surface area is 234 Å². The Bertz CT molecular complexity index is 1330. The molecule has 2 fully saturated rings. The molecule has 5 rings (SSSR count). The SMILES string of the molecule is Cc1ccc(OC2CCN(C(=O)c3ccc(C(=O)N[C@H]4CC[C@@H](Oc5ccc(C#N)cc5)CC4)nc3)CC2)cc1. The van der Waals surface area contributed by atoms with Crippen molar-refractivity contribution in [3.8, 4) is 17.6 Å². The molecule has 3 aromatic rings. The number of pyridine rings is 1. The minimum atomic E-state index is -0.232. The summed E-state index contributed by atoms with van der Waals surface area (Å²) in [6, 6.07) is 20.6. The molecule has 0 atom stereocenters. The molecule has 0 radical (unpaired) electrons. The molecule has 206 valence electrons. The zero-order valence-electron chi connectivity index (χ0n) is 22.7. The predicted octanol–water partition coefficient (Wildman–Crippen LogP) is 5.07. The number of nitrogens with one attached hydrogen (secondary N) is 1. The number of rotatable bonds is 7. The largest absolute Gasteiger partial charge is 0.490 e. The summed E-state index contributed by atoms with van der Waals surface area (Å²) in [5.41, 5.74) is 2.58. The van der Waals surface area contributed by atoms with Crippen molar-refractivity contribution >= 4 is 11.8 Å². The molecule has 0 bridgehead atoms. The van der Waals surface area contributed by atoms with E-state index >= 15 is 0 Å². The van der Waals surface area contributed by atoms with Gasteiger partial charge in [-0.15, -0.1) is 0 Å². The molecule has 1 aliphatic heterocycles. The molecule has 1 aliphatic carbocycles. The lowest BCUT2D eigenvalue weighted by molar-refractivity contribution is 0.0594. The fourth-order valence-corrected chi connectivity index (χ4v) is 5.21. The van der Waals surface area contributed by atoms with Crippen molar-refractivity contribution in [2.24, 2.45) is 0 Å². The topological polar surface area (TPSA) is 105 Å². The highest BCUT2D eigenvalue weighted by Crippen LogP contribution is 2.25. The monoisotopic (exact) mass is 538 g/mol. The van der Waals surface area contributed by atoms with E-state index in [1.165, 1.54) is 11.8 Å². The molecular formula is C32H34N4O4. The lowest BCUT2D eigenvalue weighted by Crippen LogP contribution is -2.42. The molecular weight excluding hydrogens is 504 g/mol. The number of aromatic nitrogens is 1. The number of ether oxygens (including phenoxy) is 2. The maximum Gasteiger partial charge on any atom is 0.270 e. The molecule has 0 spiro atoms. The van der Waals surface area contributed by atoms with E-state index in [0.717, 1.165) is 50.0 Å². The van der Waals surface area contributed by atoms with Crippen LogP contribution in [0.2, 0.25) is 0 Å². The summed E-state index contributed by atoms with van der Waals surface area (Å²) in [5.74, 6) is 1.31. The molecule has 40 heavy (non-hydrogen) atoms. The number of piperidine rings is 1. The highest BCUT2D eigenvalue weighted by atomic mass is 16.5. The van der Waals surface area contributed by atoms with Gasteiger partial charge in [-0.3, -0.25) is 14.6 Å². The van der Waals surface area contributed by atoms with Gasteiger partial charge >= 0.3 is 0 Å². The maximum absolute atomic E-state index is 13.0. The Kier molecular flexibility index (Phi) is 8.60. The van der Waals surface area contributed by atoms with Crippen LogP contribution in [0, 0.1) is 18.3 Å². The highest BCUT2D eigenvalue weighted by Gasteiger charge is 2.26. The van der Waals surface area contributed by atoms with Crippen LogP contribution in [-0.2, 0) is 0 Å². The third-order valence-electron chi connectivity index (χ3n) is 7.59. The van der Waals surface area contributed by atoms with Crippen LogP contribution in [0.4, 0.5) is 0 Å². The molecule has 2 aromatic carbocycles. The van der Waals surface area contributed by atoms with E-state index in [1.54, 1.807) is 24.3 Å². The molecule has 2 heterocycles. The minimum Gasteiger partial charge on any atom is -0.490 e. The zero-order valence-corrected chi connectivity index (χ0v) is 22.7. The number of hydrogen-bond donors (Lipinski definition) is 1. The molecule has 1 aromatic heterocycles. The van der Waals surface area contributed by atoms with Crippen molar-refractivity contribution in [3.05, 3.63) is 89.2 Å². The van der Waals surface area contributed by atoms with E-state index in [4.69, 9.17) is 14.7 Å². The Balaban J connectivity index is 1.05. The number of hydrogen-bond acceptors (Lipinski definition) is 6. The van der Waals surface area contributed by atoms with Gasteiger partial charge in [0.05, 0.1) is 23.3 Å². The van der Waals surface area contributed by atoms with Gasteiger partial charge in [0.15, 0.2) is 0 Å². The molecule has 0 unspecified atom stereocenters. The van der Waals surface area contributed by atoms with Crippen molar-refractivity contribution in [3.63, 3.8) is 0 Å². The Morgan fingerprint density at radius 2 is 1.45 bits per heavy atom. The van der Waals surface area contributed by atoms with Crippen LogP contribution in [0.1, 0.15) is 70.5 Å². The second-order valence-electron chi connectivity index (χ2n) is 10.6. The molecule has 2 amide bonds. The van der Waals surface area contributed by atoms with Crippen LogP contribution in [0.5, 0.6) is 11.5 Å². The quantitative estimate of drug-likeness (QED) is 0.451. The normalized spacial score (nSPS) is 19.4. The van der Waals surface area contributed by atoms with Gasteiger partial charge in [0.25, 0.3) is 11.8 Å². The third kappa shape index (κ3) is 6.97. The summed E-state index contributed by atoms with van der Waals surface area (Å²) in [5, 5.41) is 12.0. The number of carbonyl (C=O) groups excluding carboxylic acids is 2. The van der Waals surface area contributed by atoms with Gasteiger partial charge < -0.3 is 19.7 Å². The fourth-order valence-electron chi connectivity index (χ4n) is 5.21. The van der Waals surface area contributed by atoms with Crippen LogP contribution in [-0.4, -0.2) is 53.0 Å². The summed E-state index contributed by atoms with van der Waals surface area (Å²) >= 11 is 0. The van der Waals surface area contributed by atoms with Gasteiger partial charge in [-0.1, -0.05) is 17.7 Å². The van der Waals surface area contributed by atoms with Crippen LogP contribution >= 0.6 is 0 Å². The molecule has 1 saturated carbocycles.